The number of rotatable bonds is 11. The molecule has 9 heteroatoms. The Morgan fingerprint density at radius 2 is 1.71 bits per heavy atom. The van der Waals surface area contributed by atoms with Crippen LogP contribution in [0.25, 0.3) is 0 Å². The van der Waals surface area contributed by atoms with Crippen molar-refractivity contribution in [2.75, 3.05) is 20.2 Å². The number of hydrogen-bond donors (Lipinski definition) is 2. The van der Waals surface area contributed by atoms with Crippen LogP contribution in [0.15, 0.2) is 59.5 Å². The molecule has 2 N–H and O–H groups in total. The quantitative estimate of drug-likeness (QED) is 0.495. The topological polar surface area (TPSA) is 95.9 Å². The fourth-order valence-electron chi connectivity index (χ4n) is 3.32. The molecule has 0 fully saturated rings. The molecule has 0 saturated heterocycles. The summed E-state index contributed by atoms with van der Waals surface area (Å²) in [5.74, 6) is 0.619. The van der Waals surface area contributed by atoms with Gasteiger partial charge in [0.05, 0.1) is 24.2 Å². The van der Waals surface area contributed by atoms with E-state index in [-0.39, 0.29) is 28.7 Å². The molecule has 168 valence electrons. The number of carbonyl (C=O) groups is 1. The van der Waals surface area contributed by atoms with Crippen molar-refractivity contribution in [2.24, 2.45) is 5.92 Å². The first-order valence-corrected chi connectivity index (χ1v) is 12.7. The summed E-state index contributed by atoms with van der Waals surface area (Å²) < 4.78 is 32.9. The normalized spacial score (nSPS) is 13.7. The number of benzene rings is 2. The minimum absolute atomic E-state index is 0.0565. The summed E-state index contributed by atoms with van der Waals surface area (Å²) in [6.07, 6.45) is -0.654. The standard InChI is InChI=1S/C22H29N2O5S.Al.2H/c1-17(2)14-24(30(27,28)20-11-9-19(29-3)10-12-20)15-22(26)21(23-16-25)13-18-7-5-4-6-8-18;;;/h4-12,17,21-22,26H,13-15H2,1-3H3,(H,23,25);;;/t21-,22+;;;/m0.../s1. The number of hydrogen-bond acceptors (Lipinski definition) is 5. The van der Waals surface area contributed by atoms with Gasteiger partial charge < -0.3 is 15.2 Å². The number of methoxy groups -OCH3 is 1. The predicted molar refractivity (Wildman–Crippen MR) is 124 cm³/mol. The van der Waals surface area contributed by atoms with Crippen LogP contribution in [-0.2, 0) is 16.4 Å². The molecular formula is C22H31AlN2O5S. The zero-order chi connectivity index (χ0) is 23.0. The monoisotopic (exact) mass is 462 g/mol. The van der Waals surface area contributed by atoms with Crippen LogP contribution in [0.1, 0.15) is 19.4 Å². The maximum absolute atomic E-state index is 13.3. The first-order chi connectivity index (χ1) is 14.6. The Kier molecular flexibility index (Phi) is 9.54. The summed E-state index contributed by atoms with van der Waals surface area (Å²) in [4.78, 5) is 11.9. The Morgan fingerprint density at radius 3 is 2.23 bits per heavy atom. The van der Waals surface area contributed by atoms with Gasteiger partial charge in [-0.1, -0.05) is 44.2 Å². The van der Waals surface area contributed by atoms with Crippen molar-refractivity contribution in [3.8, 4) is 5.75 Å². The number of nitrogens with one attached hydrogen (secondary N) is 1. The van der Waals surface area contributed by atoms with Crippen LogP contribution in [0.2, 0.25) is 0 Å². The Balaban J connectivity index is 2.27. The van der Waals surface area contributed by atoms with Crippen LogP contribution in [0, 0.1) is 5.92 Å². The number of aliphatic hydroxyl groups excluding tert-OH is 1. The highest BCUT2D eigenvalue weighted by Gasteiger charge is 2.30. The number of sulfonamides is 1. The highest BCUT2D eigenvalue weighted by Crippen LogP contribution is 2.21. The smallest absolute Gasteiger partial charge is 0.354 e. The lowest BCUT2D eigenvalue weighted by atomic mass is 10.0. The predicted octanol–water partition coefficient (Wildman–Crippen LogP) is 1.66. The Hall–Kier alpha value is -1.89. The molecule has 2 rings (SSSR count). The molecule has 0 spiro atoms. The van der Waals surface area contributed by atoms with Gasteiger partial charge in [0.2, 0.25) is 10.0 Å². The van der Waals surface area contributed by atoms with E-state index in [0.29, 0.717) is 28.5 Å². The van der Waals surface area contributed by atoms with E-state index in [1.165, 1.54) is 23.5 Å². The van der Waals surface area contributed by atoms with E-state index in [1.54, 1.807) is 12.1 Å². The number of nitrogens with zero attached hydrogens (tertiary/aromatic N) is 1. The first kappa shape index (κ1) is 25.4. The van der Waals surface area contributed by atoms with Crippen LogP contribution < -0.4 is 10.1 Å². The second-order valence-corrected chi connectivity index (χ2v) is 10.8. The summed E-state index contributed by atoms with van der Waals surface area (Å²) >= 11 is 0.292. The minimum Gasteiger partial charge on any atom is -0.497 e. The number of aliphatic hydroxyl groups is 1. The molecule has 0 aromatic heterocycles. The second kappa shape index (κ2) is 11.7. The van der Waals surface area contributed by atoms with Gasteiger partial charge in [-0.2, -0.15) is 4.31 Å². The van der Waals surface area contributed by atoms with Gasteiger partial charge in [0.1, 0.15) is 10.5 Å². The molecule has 2 atom stereocenters. The third-order valence-electron chi connectivity index (χ3n) is 4.81. The van der Waals surface area contributed by atoms with Crippen LogP contribution in [0.4, 0.5) is 4.79 Å². The van der Waals surface area contributed by atoms with E-state index < -0.39 is 22.2 Å². The number of amides is 1. The first-order valence-electron chi connectivity index (χ1n) is 10.3. The molecule has 2 aromatic carbocycles. The van der Waals surface area contributed by atoms with Crippen LogP contribution in [0.5, 0.6) is 5.75 Å². The zero-order valence-electron chi connectivity index (χ0n) is 18.5. The molecule has 7 nitrogen and oxygen atoms in total. The Bertz CT molecular complexity index is 936. The molecule has 1 amide bonds. The van der Waals surface area contributed by atoms with Crippen molar-refractivity contribution in [1.29, 1.82) is 0 Å². The van der Waals surface area contributed by atoms with Gasteiger partial charge in [-0.3, -0.25) is 4.79 Å². The van der Waals surface area contributed by atoms with Gasteiger partial charge in [0, 0.05) is 13.1 Å². The molecule has 0 radical (unpaired) electrons. The molecule has 0 aliphatic rings. The SMILES string of the molecule is COc1ccc(S(=O)(=O)N(CC(C)C)C[C@@H](O)[C@H](Cc2ccccc2)N[C](=O)[AlH2])cc1. The maximum atomic E-state index is 13.3. The highest BCUT2D eigenvalue weighted by atomic mass is 32.2. The van der Waals surface area contributed by atoms with Crippen molar-refractivity contribution in [3.63, 3.8) is 0 Å². The summed E-state index contributed by atoms with van der Waals surface area (Å²) in [6, 6.07) is 15.1. The fraction of sp³-hybridized carbons (Fsp3) is 0.409. The molecule has 0 unspecified atom stereocenters. The van der Waals surface area contributed by atoms with E-state index in [4.69, 9.17) is 4.74 Å². The molecule has 31 heavy (non-hydrogen) atoms. The molecule has 0 aliphatic heterocycles. The highest BCUT2D eigenvalue weighted by molar-refractivity contribution is 7.89. The molecule has 0 heterocycles. The zero-order valence-corrected chi connectivity index (χ0v) is 21.3. The van der Waals surface area contributed by atoms with E-state index in [1.807, 2.05) is 44.2 Å². The van der Waals surface area contributed by atoms with Gasteiger partial charge in [0.25, 0.3) is 0 Å². The van der Waals surface area contributed by atoms with Crippen molar-refractivity contribution in [2.45, 2.75) is 37.3 Å². The average Bonchev–Trinajstić information content (AvgIpc) is 2.73. The third kappa shape index (κ3) is 7.63. The average molecular weight is 463 g/mol. The number of carbonyl (C=O) groups excluding carboxylic acids is 1. The Labute approximate surface area is 192 Å². The van der Waals surface area contributed by atoms with Crippen molar-refractivity contribution in [3.05, 3.63) is 60.2 Å². The molecule has 2 aromatic rings. The number of ether oxygens (including phenoxy) is 1. The van der Waals surface area contributed by atoms with Crippen LogP contribution >= 0.6 is 0 Å². The van der Waals surface area contributed by atoms with Gasteiger partial charge in [0.15, 0.2) is 0 Å². The fourth-order valence-corrected chi connectivity index (χ4v) is 5.32. The molecule has 0 saturated carbocycles. The van der Waals surface area contributed by atoms with Crippen molar-refractivity contribution >= 4 is 31.1 Å². The summed E-state index contributed by atoms with van der Waals surface area (Å²) in [7, 11) is -2.32. The maximum Gasteiger partial charge on any atom is 0.354 e. The van der Waals surface area contributed by atoms with E-state index >= 15 is 0 Å². The lowest BCUT2D eigenvalue weighted by Gasteiger charge is -2.30. The van der Waals surface area contributed by atoms with Gasteiger partial charge in [-0.25, -0.2) is 8.42 Å². The van der Waals surface area contributed by atoms with E-state index in [0.717, 1.165) is 5.56 Å². The molecule has 0 bridgehead atoms. The van der Waals surface area contributed by atoms with Crippen molar-refractivity contribution < 1.29 is 23.1 Å². The summed E-state index contributed by atoms with van der Waals surface area (Å²) in [5.41, 5.74) is 0.954. The largest absolute Gasteiger partial charge is 0.497 e. The van der Waals surface area contributed by atoms with Gasteiger partial charge in [-0.15, -0.1) is 0 Å². The molecular weight excluding hydrogens is 431 g/mol. The van der Waals surface area contributed by atoms with Crippen molar-refractivity contribution in [1.82, 2.24) is 9.62 Å². The third-order valence-corrected chi connectivity index (χ3v) is 6.94. The van der Waals surface area contributed by atoms with Crippen LogP contribution in [0.3, 0.4) is 0 Å². The molecule has 0 aliphatic carbocycles. The summed E-state index contributed by atoms with van der Waals surface area (Å²) in [5, 5.41) is 13.8. The van der Waals surface area contributed by atoms with E-state index in [9.17, 15) is 18.3 Å². The Morgan fingerprint density at radius 1 is 1.10 bits per heavy atom. The van der Waals surface area contributed by atoms with E-state index in [2.05, 4.69) is 5.32 Å². The lowest BCUT2D eigenvalue weighted by Crippen LogP contribution is -2.50. The van der Waals surface area contributed by atoms with Gasteiger partial charge >= 0.3 is 16.3 Å². The van der Waals surface area contributed by atoms with Crippen LogP contribution in [-0.4, -0.2) is 71.2 Å². The lowest BCUT2D eigenvalue weighted by molar-refractivity contribution is 0.106. The van der Waals surface area contributed by atoms with Gasteiger partial charge in [-0.05, 0) is 42.2 Å². The second-order valence-electron chi connectivity index (χ2n) is 7.96. The summed E-state index contributed by atoms with van der Waals surface area (Å²) in [6.45, 7) is 3.97. The minimum atomic E-state index is -3.84.